The summed E-state index contributed by atoms with van der Waals surface area (Å²) in [6.07, 6.45) is 3.71. The van der Waals surface area contributed by atoms with E-state index >= 15 is 0 Å². The van der Waals surface area contributed by atoms with E-state index in [1.54, 1.807) is 0 Å². The minimum Gasteiger partial charge on any atom is -0.382 e. The average molecular weight is 337 g/mol. The van der Waals surface area contributed by atoms with E-state index in [9.17, 15) is 0 Å². The summed E-state index contributed by atoms with van der Waals surface area (Å²) in [5, 5.41) is 4.34. The van der Waals surface area contributed by atoms with Gasteiger partial charge in [-0.05, 0) is 43.7 Å². The second-order valence-electron chi connectivity index (χ2n) is 6.62. The van der Waals surface area contributed by atoms with Crippen LogP contribution in [0.25, 0.3) is 16.8 Å². The molecule has 1 saturated heterocycles. The fourth-order valence-corrected chi connectivity index (χ4v) is 3.54. The molecule has 130 valence electrons. The van der Waals surface area contributed by atoms with Crippen molar-refractivity contribution in [2.75, 3.05) is 26.0 Å². The maximum Gasteiger partial charge on any atom is 0.151 e. The van der Waals surface area contributed by atoms with E-state index < -0.39 is 0 Å². The summed E-state index contributed by atoms with van der Waals surface area (Å²) < 4.78 is 7.32. The summed E-state index contributed by atoms with van der Waals surface area (Å²) >= 11 is 0. The zero-order valence-electron chi connectivity index (χ0n) is 14.4. The molecular formula is C19H23N5O. The molecule has 0 atom stereocenters. The van der Waals surface area contributed by atoms with Gasteiger partial charge in [-0.1, -0.05) is 18.2 Å². The lowest BCUT2D eigenvalue weighted by Gasteiger charge is -2.31. The highest BCUT2D eigenvalue weighted by molar-refractivity contribution is 5.73. The third-order valence-electron chi connectivity index (χ3n) is 4.95. The molecule has 0 amide bonds. The molecule has 1 aromatic carbocycles. The lowest BCUT2D eigenvalue weighted by atomic mass is 10.0. The Hall–Kier alpha value is -2.44. The van der Waals surface area contributed by atoms with Gasteiger partial charge in [-0.15, -0.1) is 0 Å². The first-order valence-electron chi connectivity index (χ1n) is 8.68. The van der Waals surface area contributed by atoms with Crippen LogP contribution >= 0.6 is 0 Å². The first kappa shape index (κ1) is 16.1. The summed E-state index contributed by atoms with van der Waals surface area (Å²) in [7, 11) is 2.20. The van der Waals surface area contributed by atoms with Gasteiger partial charge in [0.2, 0.25) is 0 Å². The van der Waals surface area contributed by atoms with Gasteiger partial charge >= 0.3 is 0 Å². The number of nitrogens with two attached hydrogens (primary N) is 1. The van der Waals surface area contributed by atoms with Crippen LogP contribution < -0.4 is 5.73 Å². The molecule has 3 aromatic rings. The number of aromatic nitrogens is 3. The van der Waals surface area contributed by atoms with E-state index in [2.05, 4.69) is 46.3 Å². The molecule has 0 radical (unpaired) electrons. The second-order valence-corrected chi connectivity index (χ2v) is 6.62. The van der Waals surface area contributed by atoms with Crippen molar-refractivity contribution in [2.45, 2.75) is 25.4 Å². The zero-order valence-corrected chi connectivity index (χ0v) is 14.4. The molecule has 0 unspecified atom stereocenters. The summed E-state index contributed by atoms with van der Waals surface area (Å²) in [6, 6.07) is 13.2. The maximum atomic E-state index is 5.94. The van der Waals surface area contributed by atoms with Gasteiger partial charge in [0.05, 0.1) is 5.69 Å². The molecule has 0 saturated carbocycles. The minimum atomic E-state index is 0.497. The molecular weight excluding hydrogens is 314 g/mol. The van der Waals surface area contributed by atoms with Gasteiger partial charge in [-0.2, -0.15) is 5.10 Å². The largest absolute Gasteiger partial charge is 0.382 e. The standard InChI is InChI=1S/C19H23N5O/c1-23(16-7-9-25-10-8-16)12-14-3-2-4-15(11-14)17-5-6-18-19(20)21-13-22-24(17)18/h2-6,11,13,16H,7-10,12H2,1H3,(H2,20,21,22). The number of nitrogens with zero attached hydrogens (tertiary/aromatic N) is 4. The number of benzene rings is 1. The van der Waals surface area contributed by atoms with Gasteiger partial charge in [0.15, 0.2) is 5.82 Å². The number of ether oxygens (including phenoxy) is 1. The van der Waals surface area contributed by atoms with Crippen molar-refractivity contribution < 1.29 is 4.74 Å². The Kier molecular flexibility index (Phi) is 4.38. The summed E-state index contributed by atoms with van der Waals surface area (Å²) in [6.45, 7) is 2.66. The smallest absolute Gasteiger partial charge is 0.151 e. The van der Waals surface area contributed by atoms with E-state index in [0.717, 1.165) is 49.4 Å². The predicted octanol–water partition coefficient (Wildman–Crippen LogP) is 2.59. The number of hydrogen-bond donors (Lipinski definition) is 1. The van der Waals surface area contributed by atoms with Crippen LogP contribution in [0.1, 0.15) is 18.4 Å². The molecule has 3 heterocycles. The van der Waals surface area contributed by atoms with Gasteiger partial charge in [0, 0.05) is 31.4 Å². The van der Waals surface area contributed by atoms with Crippen LogP contribution in [0.2, 0.25) is 0 Å². The monoisotopic (exact) mass is 337 g/mol. The lowest BCUT2D eigenvalue weighted by Crippen LogP contribution is -2.36. The molecule has 4 rings (SSSR count). The van der Waals surface area contributed by atoms with Gasteiger partial charge < -0.3 is 10.5 Å². The molecule has 0 spiro atoms. The number of fused-ring (bicyclic) bond motifs is 1. The van der Waals surface area contributed by atoms with Crippen LogP contribution in [0.3, 0.4) is 0 Å². The first-order valence-corrected chi connectivity index (χ1v) is 8.68. The quantitative estimate of drug-likeness (QED) is 0.792. The topological polar surface area (TPSA) is 68.7 Å². The fraction of sp³-hybridized carbons (Fsp3) is 0.368. The van der Waals surface area contributed by atoms with E-state index in [1.807, 2.05) is 16.6 Å². The van der Waals surface area contributed by atoms with Crippen LogP contribution in [-0.2, 0) is 11.3 Å². The zero-order chi connectivity index (χ0) is 17.2. The van der Waals surface area contributed by atoms with Gasteiger partial charge in [0.25, 0.3) is 0 Å². The molecule has 0 aliphatic carbocycles. The van der Waals surface area contributed by atoms with Gasteiger partial charge in [-0.3, -0.25) is 4.90 Å². The van der Waals surface area contributed by atoms with Crippen LogP contribution in [0, 0.1) is 0 Å². The van der Waals surface area contributed by atoms with Crippen LogP contribution in [0.5, 0.6) is 0 Å². The molecule has 1 aliphatic heterocycles. The van der Waals surface area contributed by atoms with Gasteiger partial charge in [0.1, 0.15) is 11.8 Å². The number of rotatable bonds is 4. The Morgan fingerprint density at radius 1 is 1.24 bits per heavy atom. The van der Waals surface area contributed by atoms with E-state index in [-0.39, 0.29) is 0 Å². The first-order chi connectivity index (χ1) is 12.2. The molecule has 6 nitrogen and oxygen atoms in total. The predicted molar refractivity (Wildman–Crippen MR) is 98.1 cm³/mol. The minimum absolute atomic E-state index is 0.497. The third kappa shape index (κ3) is 3.23. The highest BCUT2D eigenvalue weighted by Gasteiger charge is 2.18. The molecule has 0 bridgehead atoms. The van der Waals surface area contributed by atoms with Crippen molar-refractivity contribution in [1.29, 1.82) is 0 Å². The van der Waals surface area contributed by atoms with E-state index in [1.165, 1.54) is 11.9 Å². The number of anilines is 1. The Morgan fingerprint density at radius 3 is 2.92 bits per heavy atom. The number of nitrogen functional groups attached to an aromatic ring is 1. The van der Waals surface area contributed by atoms with Gasteiger partial charge in [-0.25, -0.2) is 9.50 Å². The van der Waals surface area contributed by atoms with Crippen molar-refractivity contribution in [2.24, 2.45) is 0 Å². The fourth-order valence-electron chi connectivity index (χ4n) is 3.54. The van der Waals surface area contributed by atoms with Crippen LogP contribution in [-0.4, -0.2) is 45.8 Å². The normalized spacial score (nSPS) is 15.9. The lowest BCUT2D eigenvalue weighted by molar-refractivity contribution is 0.0407. The molecule has 1 fully saturated rings. The molecule has 6 heteroatoms. The Bertz CT molecular complexity index is 869. The molecule has 1 aliphatic rings. The number of hydrogen-bond acceptors (Lipinski definition) is 5. The summed E-state index contributed by atoms with van der Waals surface area (Å²) in [5.41, 5.74) is 10.2. The van der Waals surface area contributed by atoms with E-state index in [0.29, 0.717) is 11.9 Å². The molecule has 2 N–H and O–H groups in total. The Labute approximate surface area is 147 Å². The van der Waals surface area contributed by atoms with Crippen molar-refractivity contribution in [3.63, 3.8) is 0 Å². The van der Waals surface area contributed by atoms with Crippen molar-refractivity contribution in [1.82, 2.24) is 19.5 Å². The summed E-state index contributed by atoms with van der Waals surface area (Å²) in [5.74, 6) is 0.497. The van der Waals surface area contributed by atoms with E-state index in [4.69, 9.17) is 10.5 Å². The average Bonchev–Trinajstić information content (AvgIpc) is 3.08. The second kappa shape index (κ2) is 6.82. The van der Waals surface area contributed by atoms with Crippen molar-refractivity contribution in [3.8, 4) is 11.3 Å². The highest BCUT2D eigenvalue weighted by atomic mass is 16.5. The summed E-state index contributed by atoms with van der Waals surface area (Å²) in [4.78, 5) is 6.48. The molecule has 25 heavy (non-hydrogen) atoms. The van der Waals surface area contributed by atoms with Crippen molar-refractivity contribution in [3.05, 3.63) is 48.3 Å². The van der Waals surface area contributed by atoms with Crippen molar-refractivity contribution >= 4 is 11.3 Å². The maximum absolute atomic E-state index is 5.94. The Balaban J connectivity index is 1.59. The highest BCUT2D eigenvalue weighted by Crippen LogP contribution is 2.25. The Morgan fingerprint density at radius 2 is 2.08 bits per heavy atom. The van der Waals surface area contributed by atoms with Crippen LogP contribution in [0.15, 0.2) is 42.7 Å². The molecule has 2 aromatic heterocycles. The SMILES string of the molecule is CN(Cc1cccc(-c2ccc3c(N)ncnn23)c1)C1CCOCC1. The van der Waals surface area contributed by atoms with Crippen LogP contribution in [0.4, 0.5) is 5.82 Å². The third-order valence-corrected chi connectivity index (χ3v) is 4.95.